The molecule has 10 rings (SSSR count). The van der Waals surface area contributed by atoms with Crippen molar-refractivity contribution in [2.24, 2.45) is 11.3 Å². The summed E-state index contributed by atoms with van der Waals surface area (Å²) in [6.07, 6.45) is 5.04. The van der Waals surface area contributed by atoms with Gasteiger partial charge in [0.15, 0.2) is 0 Å². The summed E-state index contributed by atoms with van der Waals surface area (Å²) in [6.45, 7) is 11.4. The summed E-state index contributed by atoms with van der Waals surface area (Å²) in [6, 6.07) is 21.1. The number of piperazine rings is 1. The Morgan fingerprint density at radius 3 is 2.57 bits per heavy atom. The van der Waals surface area contributed by atoms with Gasteiger partial charge in [0.25, 0.3) is 21.6 Å². The maximum absolute atomic E-state index is 14.6. The Kier molecular flexibility index (Phi) is 13.3. The van der Waals surface area contributed by atoms with Crippen molar-refractivity contribution in [1.82, 2.24) is 19.6 Å². The molecule has 2 aromatic heterocycles. The molecule has 5 aromatic rings. The van der Waals surface area contributed by atoms with Crippen molar-refractivity contribution in [3.63, 3.8) is 0 Å². The number of fused-ring (bicyclic) bond motifs is 3. The molecule has 3 aromatic carbocycles. The number of anilines is 4. The lowest BCUT2D eigenvalue weighted by atomic mass is 9.72. The van der Waals surface area contributed by atoms with Gasteiger partial charge in [0.2, 0.25) is 5.88 Å². The Bertz CT molecular complexity index is 2880. The number of halogens is 1. The van der Waals surface area contributed by atoms with Crippen molar-refractivity contribution in [2.75, 3.05) is 94.0 Å². The van der Waals surface area contributed by atoms with Crippen LogP contribution >= 0.6 is 11.6 Å². The Labute approximate surface area is 406 Å². The van der Waals surface area contributed by atoms with Gasteiger partial charge in [0.1, 0.15) is 23.1 Å². The number of hydrogen-bond donors (Lipinski definition) is 3. The van der Waals surface area contributed by atoms with E-state index in [1.165, 1.54) is 28.8 Å². The number of carbonyl (C=O) groups is 1. The molecule has 0 spiro atoms. The average Bonchev–Trinajstić information content (AvgIpc) is 3.74. The minimum atomic E-state index is -4.63. The minimum Gasteiger partial charge on any atom is -0.470 e. The van der Waals surface area contributed by atoms with Crippen LogP contribution in [0.15, 0.2) is 89.5 Å². The second-order valence-corrected chi connectivity index (χ2v) is 21.5. The monoisotopic (exact) mass is 980 g/mol. The topological polar surface area (TPSA) is 194 Å². The quantitative estimate of drug-likeness (QED) is 0.0810. The lowest BCUT2D eigenvalue weighted by molar-refractivity contribution is -0.384. The lowest BCUT2D eigenvalue weighted by Crippen LogP contribution is -2.47. The normalized spacial score (nSPS) is 22.0. The smallest absolute Gasteiger partial charge is 0.293 e. The third-order valence-corrected chi connectivity index (χ3v) is 15.6. The molecule has 19 heteroatoms. The Morgan fingerprint density at radius 2 is 1.78 bits per heavy atom. The third-order valence-electron chi connectivity index (χ3n) is 14.0. The highest BCUT2D eigenvalue weighted by Crippen LogP contribution is 2.45. The summed E-state index contributed by atoms with van der Waals surface area (Å²) in [7, 11) is -4.63. The number of benzene rings is 3. The summed E-state index contributed by atoms with van der Waals surface area (Å²) in [4.78, 5) is 40.7. The molecule has 0 radical (unpaired) electrons. The number of nitro benzene ring substituents is 1. The first kappa shape index (κ1) is 46.9. The molecule has 0 bridgehead atoms. The van der Waals surface area contributed by atoms with Crippen molar-refractivity contribution in [2.45, 2.75) is 56.6 Å². The highest BCUT2D eigenvalue weighted by Gasteiger charge is 2.38. The number of ether oxygens (including phenoxy) is 4. The Morgan fingerprint density at radius 1 is 0.971 bits per heavy atom. The van der Waals surface area contributed by atoms with Gasteiger partial charge in [-0.2, -0.15) is 4.98 Å². The number of nitrogens with zero attached hydrogens (tertiary/aromatic N) is 5. The Balaban J connectivity index is 0.955. The molecular weight excluding hydrogens is 924 g/mol. The van der Waals surface area contributed by atoms with Crippen LogP contribution in [0.1, 0.15) is 55.5 Å². The van der Waals surface area contributed by atoms with Crippen molar-refractivity contribution < 1.29 is 37.1 Å². The van der Waals surface area contributed by atoms with E-state index < -0.39 is 31.4 Å². The van der Waals surface area contributed by atoms with Crippen molar-refractivity contribution >= 4 is 72.6 Å². The molecule has 6 heterocycles. The lowest BCUT2D eigenvalue weighted by Gasteiger charge is -2.39. The van der Waals surface area contributed by atoms with Crippen LogP contribution in [-0.2, 0) is 24.2 Å². The van der Waals surface area contributed by atoms with Gasteiger partial charge in [0.05, 0.1) is 53.6 Å². The van der Waals surface area contributed by atoms with Crippen molar-refractivity contribution in [1.29, 1.82) is 0 Å². The SMILES string of the molecule is CC1(C)CCC(CN2CCN(c3ccc(C(=O)NS(=O)(=O)c4ccc(NC[C@H]5COCCO5)c([N+](=O)[O-])c4)c(N4CC5CCOCC5Oc5nc6[nH]ccc6cc54)c3)CC2)=C(c2ccc(Cl)cc2)C1. The maximum atomic E-state index is 14.6. The van der Waals surface area contributed by atoms with E-state index in [4.69, 9.17) is 35.5 Å². The first-order valence-corrected chi connectivity index (χ1v) is 25.5. The second kappa shape index (κ2) is 19.6. The van der Waals surface area contributed by atoms with E-state index in [9.17, 15) is 23.3 Å². The van der Waals surface area contributed by atoms with E-state index in [0.29, 0.717) is 68.9 Å². The van der Waals surface area contributed by atoms with E-state index >= 15 is 0 Å². The molecule has 364 valence electrons. The molecule has 1 amide bonds. The molecule has 3 saturated heterocycles. The zero-order valence-electron chi connectivity index (χ0n) is 38.7. The van der Waals surface area contributed by atoms with Crippen LogP contribution in [0.4, 0.5) is 28.4 Å². The van der Waals surface area contributed by atoms with E-state index in [1.54, 1.807) is 12.3 Å². The fourth-order valence-electron chi connectivity index (χ4n) is 10.2. The maximum Gasteiger partial charge on any atom is 0.293 e. The first-order valence-electron chi connectivity index (χ1n) is 23.6. The number of rotatable bonds is 12. The van der Waals surface area contributed by atoms with Crippen molar-refractivity contribution in [3.8, 4) is 5.88 Å². The molecule has 5 aliphatic rings. The highest BCUT2D eigenvalue weighted by molar-refractivity contribution is 7.90. The van der Waals surface area contributed by atoms with Crippen LogP contribution < -0.4 is 24.6 Å². The van der Waals surface area contributed by atoms with E-state index in [0.717, 1.165) is 74.1 Å². The molecule has 17 nitrogen and oxygen atoms in total. The van der Waals surface area contributed by atoms with Gasteiger partial charge in [-0.25, -0.2) is 13.1 Å². The van der Waals surface area contributed by atoms with Gasteiger partial charge >= 0.3 is 0 Å². The fraction of sp³-hybridized carbons (Fsp3) is 0.440. The molecule has 1 aliphatic carbocycles. The minimum absolute atomic E-state index is 0.0135. The summed E-state index contributed by atoms with van der Waals surface area (Å²) in [5, 5.41) is 16.8. The number of hydrogen-bond acceptors (Lipinski definition) is 14. The molecule has 0 saturated carbocycles. The van der Waals surface area contributed by atoms with Gasteiger partial charge < -0.3 is 39.0 Å². The van der Waals surface area contributed by atoms with Crippen LogP contribution in [0.2, 0.25) is 5.02 Å². The largest absolute Gasteiger partial charge is 0.470 e. The van der Waals surface area contributed by atoms with E-state index in [2.05, 4.69) is 50.8 Å². The number of allylic oxidation sites excluding steroid dienone is 1. The molecule has 2 unspecified atom stereocenters. The number of aromatic amines is 1. The number of nitrogens with one attached hydrogen (secondary N) is 3. The number of sulfonamides is 1. The van der Waals surface area contributed by atoms with Gasteiger partial charge in [-0.3, -0.25) is 19.8 Å². The number of amides is 1. The molecular formula is C50H57ClN8O9S. The summed E-state index contributed by atoms with van der Waals surface area (Å²) < 4.78 is 54.0. The van der Waals surface area contributed by atoms with Gasteiger partial charge in [-0.1, -0.05) is 43.2 Å². The first-order chi connectivity index (χ1) is 33.3. The summed E-state index contributed by atoms with van der Waals surface area (Å²) in [5.41, 5.74) is 6.66. The number of nitro groups is 1. The summed E-state index contributed by atoms with van der Waals surface area (Å²) >= 11 is 6.29. The zero-order chi connectivity index (χ0) is 47.9. The molecule has 3 atom stereocenters. The number of H-pyrrole nitrogens is 1. The second-order valence-electron chi connectivity index (χ2n) is 19.3. The third kappa shape index (κ3) is 10.3. The van der Waals surface area contributed by atoms with E-state index in [1.807, 2.05) is 41.3 Å². The summed E-state index contributed by atoms with van der Waals surface area (Å²) in [5.74, 6) is -0.546. The van der Waals surface area contributed by atoms with Gasteiger partial charge in [-0.05, 0) is 96.8 Å². The zero-order valence-corrected chi connectivity index (χ0v) is 40.3. The predicted molar refractivity (Wildman–Crippen MR) is 264 cm³/mol. The fourth-order valence-corrected chi connectivity index (χ4v) is 11.3. The number of aromatic nitrogens is 2. The highest BCUT2D eigenvalue weighted by atomic mass is 35.5. The van der Waals surface area contributed by atoms with Crippen LogP contribution in [0.5, 0.6) is 5.88 Å². The number of carbonyl (C=O) groups excluding carboxylic acids is 1. The Hall–Kier alpha value is -5.76. The average molecular weight is 982 g/mol. The van der Waals surface area contributed by atoms with Crippen LogP contribution in [0.25, 0.3) is 16.6 Å². The predicted octanol–water partition coefficient (Wildman–Crippen LogP) is 7.79. The van der Waals surface area contributed by atoms with E-state index in [-0.39, 0.29) is 41.3 Å². The standard InChI is InChI=1S/C50H57ClN8O9S/c1-50(2)14-11-34(41(26-50)32-3-5-36(51)6-4-32)28-56-16-18-57(19-17-56)37-7-9-40(43(24-37)58-29-35-13-20-65-31-46(35)68-49-45(58)23-33-12-15-52-47(33)54-49)48(60)55-69(63,64)39-8-10-42(44(25-39)59(61)62)53-27-38-30-66-21-22-67-38/h3-10,12,15,23-25,35,38,46,53H,11,13-14,16-22,26-31H2,1-2H3,(H,52,54)(H,55,60)/t35?,38-,46?/m0/s1. The van der Waals surface area contributed by atoms with Crippen LogP contribution in [0.3, 0.4) is 0 Å². The molecule has 3 fully saturated rings. The van der Waals surface area contributed by atoms with Crippen molar-refractivity contribution in [3.05, 3.63) is 111 Å². The van der Waals surface area contributed by atoms with Crippen LogP contribution in [0, 0.1) is 21.4 Å². The molecule has 3 N–H and O–H groups in total. The molecule has 69 heavy (non-hydrogen) atoms. The van der Waals surface area contributed by atoms with Crippen LogP contribution in [-0.4, -0.2) is 125 Å². The van der Waals surface area contributed by atoms with Gasteiger partial charge in [0, 0.05) is 86.7 Å². The van der Waals surface area contributed by atoms with Gasteiger partial charge in [-0.15, -0.1) is 0 Å². The number of pyridine rings is 1. The molecule has 4 aliphatic heterocycles.